The van der Waals surface area contributed by atoms with Crippen molar-refractivity contribution in [2.45, 2.75) is 68.9 Å². The SMILES string of the molecule is CCn1c(-c2ccc3c(c2)OCCO3)cnc1SC(C)C(=O)NC(=O)NC1CCCCC1. The number of amides is 3. The summed E-state index contributed by atoms with van der Waals surface area (Å²) in [6.45, 7) is 5.61. The van der Waals surface area contributed by atoms with Gasteiger partial charge in [-0.3, -0.25) is 10.1 Å². The highest BCUT2D eigenvalue weighted by Gasteiger charge is 2.23. The number of nitrogens with one attached hydrogen (secondary N) is 2. The van der Waals surface area contributed by atoms with Gasteiger partial charge in [-0.05, 0) is 44.9 Å². The van der Waals surface area contributed by atoms with Crippen LogP contribution in [0.5, 0.6) is 11.5 Å². The van der Waals surface area contributed by atoms with Crippen molar-refractivity contribution in [3.8, 4) is 22.8 Å². The fourth-order valence-electron chi connectivity index (χ4n) is 4.09. The minimum atomic E-state index is -0.465. The molecule has 3 amide bonds. The molecule has 0 spiro atoms. The molecule has 2 aliphatic rings. The van der Waals surface area contributed by atoms with Crippen molar-refractivity contribution in [2.75, 3.05) is 13.2 Å². The summed E-state index contributed by atoms with van der Waals surface area (Å²) in [6, 6.07) is 5.59. The van der Waals surface area contributed by atoms with E-state index in [1.165, 1.54) is 18.2 Å². The number of hydrogen-bond acceptors (Lipinski definition) is 6. The summed E-state index contributed by atoms with van der Waals surface area (Å²) < 4.78 is 13.4. The van der Waals surface area contributed by atoms with Gasteiger partial charge in [0.25, 0.3) is 0 Å². The van der Waals surface area contributed by atoms with Crippen LogP contribution in [0.15, 0.2) is 29.6 Å². The van der Waals surface area contributed by atoms with Crippen LogP contribution in [0, 0.1) is 0 Å². The van der Waals surface area contributed by atoms with Crippen LogP contribution in [-0.4, -0.2) is 46.0 Å². The van der Waals surface area contributed by atoms with E-state index < -0.39 is 11.3 Å². The number of urea groups is 1. The van der Waals surface area contributed by atoms with Crippen molar-refractivity contribution in [2.24, 2.45) is 0 Å². The number of nitrogens with zero attached hydrogens (tertiary/aromatic N) is 2. The first-order chi connectivity index (χ1) is 15.5. The lowest BCUT2D eigenvalue weighted by molar-refractivity contribution is -0.119. The van der Waals surface area contributed by atoms with Crippen molar-refractivity contribution in [3.63, 3.8) is 0 Å². The van der Waals surface area contributed by atoms with Gasteiger partial charge in [0.2, 0.25) is 5.91 Å². The van der Waals surface area contributed by atoms with E-state index in [0.29, 0.717) is 19.8 Å². The molecule has 8 nitrogen and oxygen atoms in total. The Morgan fingerprint density at radius 1 is 1.19 bits per heavy atom. The van der Waals surface area contributed by atoms with Crippen LogP contribution in [0.1, 0.15) is 46.0 Å². The number of carbonyl (C=O) groups is 2. The van der Waals surface area contributed by atoms with E-state index in [2.05, 4.69) is 20.2 Å². The fourth-order valence-corrected chi connectivity index (χ4v) is 5.04. The molecular weight excluding hydrogens is 428 g/mol. The number of thioether (sulfide) groups is 1. The van der Waals surface area contributed by atoms with Crippen LogP contribution in [0.4, 0.5) is 4.79 Å². The highest BCUT2D eigenvalue weighted by Crippen LogP contribution is 2.36. The first-order valence-corrected chi connectivity index (χ1v) is 12.2. The Labute approximate surface area is 192 Å². The van der Waals surface area contributed by atoms with Gasteiger partial charge in [0, 0.05) is 18.2 Å². The summed E-state index contributed by atoms with van der Waals surface area (Å²) in [6.07, 6.45) is 7.21. The minimum Gasteiger partial charge on any atom is -0.486 e. The van der Waals surface area contributed by atoms with Crippen molar-refractivity contribution in [1.82, 2.24) is 20.2 Å². The molecular formula is C23H30N4O4S. The van der Waals surface area contributed by atoms with E-state index >= 15 is 0 Å². The molecule has 1 saturated carbocycles. The Balaban J connectivity index is 1.40. The number of ether oxygens (including phenoxy) is 2. The number of aromatic nitrogens is 2. The predicted octanol–water partition coefficient (Wildman–Crippen LogP) is 3.98. The van der Waals surface area contributed by atoms with Crippen molar-refractivity contribution in [3.05, 3.63) is 24.4 Å². The van der Waals surface area contributed by atoms with Crippen LogP contribution in [0.2, 0.25) is 0 Å². The van der Waals surface area contributed by atoms with Crippen LogP contribution in [0.25, 0.3) is 11.3 Å². The summed E-state index contributed by atoms with van der Waals surface area (Å²) in [7, 11) is 0. The van der Waals surface area contributed by atoms with Crippen LogP contribution < -0.4 is 20.1 Å². The molecule has 2 N–H and O–H groups in total. The van der Waals surface area contributed by atoms with Gasteiger partial charge >= 0.3 is 6.03 Å². The molecule has 2 aromatic rings. The fraction of sp³-hybridized carbons (Fsp3) is 0.522. The second kappa shape index (κ2) is 10.3. The average Bonchev–Trinajstić information content (AvgIpc) is 3.21. The molecule has 1 aromatic heterocycles. The molecule has 0 radical (unpaired) electrons. The van der Waals surface area contributed by atoms with E-state index in [4.69, 9.17) is 9.47 Å². The van der Waals surface area contributed by atoms with Crippen molar-refractivity contribution in [1.29, 1.82) is 0 Å². The molecule has 1 aliphatic heterocycles. The zero-order chi connectivity index (χ0) is 22.5. The Hall–Kier alpha value is -2.68. The largest absolute Gasteiger partial charge is 0.486 e. The normalized spacial score (nSPS) is 16.9. The number of hydrogen-bond donors (Lipinski definition) is 2. The highest BCUT2D eigenvalue weighted by atomic mass is 32.2. The Bertz CT molecular complexity index is 971. The van der Waals surface area contributed by atoms with Gasteiger partial charge in [0.05, 0.1) is 17.1 Å². The number of imidazole rings is 1. The van der Waals surface area contributed by atoms with Gasteiger partial charge in [-0.2, -0.15) is 0 Å². The standard InChI is InChI=1S/C23H30N4O4S/c1-3-27-18(16-9-10-19-20(13-16)31-12-11-30-19)14-24-23(27)32-15(2)21(28)26-22(29)25-17-7-5-4-6-8-17/h9-10,13-15,17H,3-8,11-12H2,1-2H3,(H2,25,26,28,29). The topological polar surface area (TPSA) is 94.5 Å². The molecule has 1 unspecified atom stereocenters. The molecule has 4 rings (SSSR count). The van der Waals surface area contributed by atoms with Crippen LogP contribution >= 0.6 is 11.8 Å². The van der Waals surface area contributed by atoms with Gasteiger partial charge in [0.1, 0.15) is 13.2 Å². The Morgan fingerprint density at radius 3 is 2.69 bits per heavy atom. The first-order valence-electron chi connectivity index (χ1n) is 11.3. The van der Waals surface area contributed by atoms with Gasteiger partial charge in [-0.1, -0.05) is 31.0 Å². The Kier molecular flexibility index (Phi) is 7.24. The second-order valence-electron chi connectivity index (χ2n) is 8.09. The zero-order valence-corrected chi connectivity index (χ0v) is 19.4. The molecule has 1 aromatic carbocycles. The molecule has 1 fully saturated rings. The first kappa shape index (κ1) is 22.5. The number of benzene rings is 1. The van der Waals surface area contributed by atoms with Crippen molar-refractivity contribution < 1.29 is 19.1 Å². The monoisotopic (exact) mass is 458 g/mol. The molecule has 0 saturated heterocycles. The number of rotatable bonds is 6. The molecule has 2 heterocycles. The third kappa shape index (κ3) is 5.20. The number of carbonyl (C=O) groups excluding carboxylic acids is 2. The maximum atomic E-state index is 12.6. The summed E-state index contributed by atoms with van der Waals surface area (Å²) in [5.41, 5.74) is 1.91. The summed E-state index contributed by atoms with van der Waals surface area (Å²) in [5, 5.41) is 5.66. The minimum absolute atomic E-state index is 0.159. The van der Waals surface area contributed by atoms with Crippen LogP contribution in [0.3, 0.4) is 0 Å². The quantitative estimate of drug-likeness (QED) is 0.636. The molecule has 32 heavy (non-hydrogen) atoms. The third-order valence-corrected chi connectivity index (χ3v) is 6.91. The summed E-state index contributed by atoms with van der Waals surface area (Å²) >= 11 is 1.34. The molecule has 172 valence electrons. The predicted molar refractivity (Wildman–Crippen MR) is 123 cm³/mol. The van der Waals surface area contributed by atoms with Gasteiger partial charge in [0.15, 0.2) is 16.7 Å². The lowest BCUT2D eigenvalue weighted by atomic mass is 9.96. The highest BCUT2D eigenvalue weighted by molar-refractivity contribution is 8.00. The smallest absolute Gasteiger partial charge is 0.321 e. The van der Waals surface area contributed by atoms with Gasteiger partial charge < -0.3 is 19.4 Å². The summed E-state index contributed by atoms with van der Waals surface area (Å²) in [4.78, 5) is 29.3. The van der Waals surface area contributed by atoms with Gasteiger partial charge in [-0.25, -0.2) is 9.78 Å². The van der Waals surface area contributed by atoms with E-state index in [1.807, 2.05) is 25.1 Å². The van der Waals surface area contributed by atoms with E-state index in [9.17, 15) is 9.59 Å². The van der Waals surface area contributed by atoms with E-state index in [1.54, 1.807) is 13.1 Å². The second-order valence-corrected chi connectivity index (χ2v) is 9.39. The van der Waals surface area contributed by atoms with E-state index in [0.717, 1.165) is 53.6 Å². The third-order valence-electron chi connectivity index (χ3n) is 5.80. The molecule has 1 aliphatic carbocycles. The lowest BCUT2D eigenvalue weighted by Crippen LogP contribution is -2.47. The van der Waals surface area contributed by atoms with E-state index in [-0.39, 0.29) is 11.9 Å². The molecule has 9 heteroatoms. The zero-order valence-electron chi connectivity index (χ0n) is 18.6. The number of imide groups is 1. The summed E-state index contributed by atoms with van der Waals surface area (Å²) in [5.74, 6) is 1.15. The molecule has 0 bridgehead atoms. The van der Waals surface area contributed by atoms with Crippen LogP contribution in [-0.2, 0) is 11.3 Å². The maximum absolute atomic E-state index is 12.6. The average molecular weight is 459 g/mol. The Morgan fingerprint density at radius 2 is 1.94 bits per heavy atom. The van der Waals surface area contributed by atoms with Gasteiger partial charge in [-0.15, -0.1) is 0 Å². The number of fused-ring (bicyclic) bond motifs is 1. The van der Waals surface area contributed by atoms with Crippen molar-refractivity contribution >= 4 is 23.7 Å². The molecule has 1 atom stereocenters. The maximum Gasteiger partial charge on any atom is 0.321 e. The lowest BCUT2D eigenvalue weighted by Gasteiger charge is -2.23.